The van der Waals surface area contributed by atoms with Crippen molar-refractivity contribution in [2.45, 2.75) is 39.3 Å². The number of rotatable bonds is 3. The largest absolute Gasteiger partial charge is 0.0782 e. The molecule has 2 rings (SSSR count). The molecular weight excluding hydrogens is 272 g/mol. The van der Waals surface area contributed by atoms with Gasteiger partial charge in [-0.1, -0.05) is 98.2 Å². The van der Waals surface area contributed by atoms with Crippen LogP contribution in [0.15, 0.2) is 48.5 Å². The van der Waals surface area contributed by atoms with Crippen LogP contribution in [0.3, 0.4) is 0 Å². The van der Waals surface area contributed by atoms with Gasteiger partial charge in [-0.25, -0.2) is 0 Å². The molecule has 0 aromatic heterocycles. The maximum absolute atomic E-state index is 2.47. The van der Waals surface area contributed by atoms with E-state index in [0.29, 0.717) is 0 Å². The molecule has 0 aliphatic carbocycles. The van der Waals surface area contributed by atoms with Crippen LogP contribution in [0.25, 0.3) is 11.1 Å². The lowest BCUT2D eigenvalue weighted by Gasteiger charge is -2.30. The first-order valence-corrected chi connectivity index (χ1v) is 14.4. The van der Waals surface area contributed by atoms with Crippen molar-refractivity contribution < 1.29 is 0 Å². The van der Waals surface area contributed by atoms with Crippen molar-refractivity contribution in [3.63, 3.8) is 0 Å². The third-order valence-corrected chi connectivity index (χ3v) is 8.03. The van der Waals surface area contributed by atoms with Gasteiger partial charge in [0.2, 0.25) is 0 Å². The van der Waals surface area contributed by atoms with Gasteiger partial charge in [0.15, 0.2) is 0 Å². The fraction of sp³-hybridized carbons (Fsp3) is 0.333. The smallest absolute Gasteiger partial charge is 0.0656 e. The lowest BCUT2D eigenvalue weighted by Crippen LogP contribution is -2.57. The maximum atomic E-state index is 2.47. The Balaban J connectivity index is 2.77. The monoisotopic (exact) mass is 298 g/mol. The SMILES string of the molecule is C[Si](C)(C)c1cccc(-c2ccccc2)c1[Si](C)(C)C. The molecule has 0 unspecified atom stereocenters. The summed E-state index contributed by atoms with van der Waals surface area (Å²) in [7, 11) is -2.70. The van der Waals surface area contributed by atoms with Gasteiger partial charge >= 0.3 is 0 Å². The molecule has 0 aliphatic heterocycles. The van der Waals surface area contributed by atoms with E-state index in [1.54, 1.807) is 10.4 Å². The molecule has 0 fully saturated rings. The van der Waals surface area contributed by atoms with Crippen molar-refractivity contribution in [3.8, 4) is 11.1 Å². The standard InChI is InChI=1S/C18H26Si2/c1-19(2,3)17-14-10-13-16(18(17)20(4,5)6)15-11-8-7-9-12-15/h7-14H,1-6H3. The maximum Gasteiger partial charge on any atom is 0.0782 e. The van der Waals surface area contributed by atoms with Gasteiger partial charge in [0, 0.05) is 0 Å². The molecule has 20 heavy (non-hydrogen) atoms. The van der Waals surface area contributed by atoms with Crippen molar-refractivity contribution in [3.05, 3.63) is 48.5 Å². The van der Waals surface area contributed by atoms with Crippen LogP contribution in [0.5, 0.6) is 0 Å². The highest BCUT2D eigenvalue weighted by Crippen LogP contribution is 2.20. The summed E-state index contributed by atoms with van der Waals surface area (Å²) in [5.41, 5.74) is 2.83. The third kappa shape index (κ3) is 3.13. The second-order valence-corrected chi connectivity index (χ2v) is 17.6. The first kappa shape index (κ1) is 15.3. The molecule has 0 nitrogen and oxygen atoms in total. The first-order valence-electron chi connectivity index (χ1n) is 7.40. The van der Waals surface area contributed by atoms with Crippen LogP contribution < -0.4 is 10.4 Å². The lowest BCUT2D eigenvalue weighted by atomic mass is 10.1. The van der Waals surface area contributed by atoms with Crippen molar-refractivity contribution in [1.82, 2.24) is 0 Å². The van der Waals surface area contributed by atoms with E-state index in [9.17, 15) is 0 Å². The summed E-state index contributed by atoms with van der Waals surface area (Å²) in [6, 6.07) is 17.8. The second kappa shape index (κ2) is 5.34. The Kier molecular flexibility index (Phi) is 4.08. The first-order chi connectivity index (χ1) is 9.21. The molecule has 2 aromatic carbocycles. The molecule has 0 bridgehead atoms. The van der Waals surface area contributed by atoms with Gasteiger partial charge in [-0.15, -0.1) is 0 Å². The Hall–Kier alpha value is -1.13. The van der Waals surface area contributed by atoms with E-state index in [-0.39, 0.29) is 0 Å². The molecule has 2 aromatic rings. The highest BCUT2D eigenvalue weighted by molar-refractivity contribution is 6.99. The summed E-state index contributed by atoms with van der Waals surface area (Å²) < 4.78 is 0. The zero-order chi connectivity index (χ0) is 15.0. The zero-order valence-corrected chi connectivity index (χ0v) is 15.6. The average molecular weight is 299 g/mol. The van der Waals surface area contributed by atoms with Gasteiger partial charge in [0.25, 0.3) is 0 Å². The summed E-state index contributed by atoms with van der Waals surface area (Å²) in [5.74, 6) is 0. The quantitative estimate of drug-likeness (QED) is 0.735. The number of benzene rings is 2. The van der Waals surface area contributed by atoms with E-state index in [1.165, 1.54) is 11.1 Å². The van der Waals surface area contributed by atoms with Crippen LogP contribution in [0.2, 0.25) is 39.3 Å². The molecule has 0 saturated heterocycles. The molecule has 106 valence electrons. The van der Waals surface area contributed by atoms with E-state index in [0.717, 1.165) is 0 Å². The summed E-state index contributed by atoms with van der Waals surface area (Å²) in [6.07, 6.45) is 0. The minimum absolute atomic E-state index is 1.32. The van der Waals surface area contributed by atoms with Gasteiger partial charge in [0.1, 0.15) is 0 Å². The normalized spacial score (nSPS) is 12.5. The van der Waals surface area contributed by atoms with Crippen LogP contribution in [0.1, 0.15) is 0 Å². The van der Waals surface area contributed by atoms with Crippen molar-refractivity contribution in [2.75, 3.05) is 0 Å². The average Bonchev–Trinajstić information content (AvgIpc) is 2.37. The van der Waals surface area contributed by atoms with E-state index in [4.69, 9.17) is 0 Å². The minimum Gasteiger partial charge on any atom is -0.0656 e. The Morgan fingerprint density at radius 3 is 1.70 bits per heavy atom. The number of hydrogen-bond acceptors (Lipinski definition) is 0. The van der Waals surface area contributed by atoms with Crippen molar-refractivity contribution >= 4 is 26.5 Å². The summed E-state index contributed by atoms with van der Waals surface area (Å²) >= 11 is 0. The molecule has 0 spiro atoms. The fourth-order valence-corrected chi connectivity index (χ4v) is 8.50. The van der Waals surface area contributed by atoms with Gasteiger partial charge < -0.3 is 0 Å². The van der Waals surface area contributed by atoms with Crippen molar-refractivity contribution in [2.24, 2.45) is 0 Å². The molecule has 0 heterocycles. The highest BCUT2D eigenvalue weighted by Gasteiger charge is 2.29. The predicted octanol–water partition coefficient (Wildman–Crippen LogP) is 4.44. The summed E-state index contributed by atoms with van der Waals surface area (Å²) in [4.78, 5) is 0. The highest BCUT2D eigenvalue weighted by atomic mass is 28.3. The molecule has 2 heteroatoms. The van der Waals surface area contributed by atoms with E-state index < -0.39 is 16.1 Å². The fourth-order valence-electron chi connectivity index (χ4n) is 2.84. The van der Waals surface area contributed by atoms with Crippen LogP contribution in [0, 0.1) is 0 Å². The molecule has 0 amide bonds. The van der Waals surface area contributed by atoms with Crippen LogP contribution in [0.4, 0.5) is 0 Å². The lowest BCUT2D eigenvalue weighted by molar-refractivity contribution is 1.61. The molecule has 0 radical (unpaired) electrons. The Morgan fingerprint density at radius 1 is 0.600 bits per heavy atom. The van der Waals surface area contributed by atoms with Gasteiger partial charge in [-0.05, 0) is 11.1 Å². The van der Waals surface area contributed by atoms with Gasteiger partial charge in [0.05, 0.1) is 16.1 Å². The van der Waals surface area contributed by atoms with Gasteiger partial charge in [-0.2, -0.15) is 0 Å². The molecular formula is C18H26Si2. The van der Waals surface area contributed by atoms with Crippen molar-refractivity contribution in [1.29, 1.82) is 0 Å². The van der Waals surface area contributed by atoms with Crippen LogP contribution in [-0.2, 0) is 0 Å². The molecule has 0 saturated carbocycles. The van der Waals surface area contributed by atoms with E-state index >= 15 is 0 Å². The molecule has 0 aliphatic rings. The summed E-state index contributed by atoms with van der Waals surface area (Å²) in [6.45, 7) is 14.8. The van der Waals surface area contributed by atoms with Crippen LogP contribution >= 0.6 is 0 Å². The number of hydrogen-bond donors (Lipinski definition) is 0. The predicted molar refractivity (Wildman–Crippen MR) is 97.8 cm³/mol. The molecule has 0 N–H and O–H groups in total. The van der Waals surface area contributed by atoms with Crippen LogP contribution in [-0.4, -0.2) is 16.1 Å². The molecule has 0 atom stereocenters. The minimum atomic E-state index is -1.38. The Bertz CT molecular complexity index is 587. The Labute approximate surface area is 125 Å². The van der Waals surface area contributed by atoms with E-state index in [2.05, 4.69) is 87.8 Å². The van der Waals surface area contributed by atoms with Gasteiger partial charge in [-0.3, -0.25) is 0 Å². The topological polar surface area (TPSA) is 0 Å². The second-order valence-electron chi connectivity index (χ2n) is 7.59. The van der Waals surface area contributed by atoms with E-state index in [1.807, 2.05) is 0 Å². The third-order valence-electron chi connectivity index (χ3n) is 3.71. The zero-order valence-electron chi connectivity index (χ0n) is 13.6. The summed E-state index contributed by atoms with van der Waals surface area (Å²) in [5, 5.41) is 3.32. The Morgan fingerprint density at radius 2 is 1.20 bits per heavy atom.